The summed E-state index contributed by atoms with van der Waals surface area (Å²) in [6.45, 7) is 3.58. The SMILES string of the molecule is CC(C)C(COCC(C)(F)F)CS(=O)(=O)Cl. The molecule has 0 aromatic heterocycles. The predicted octanol–water partition coefficient (Wildman–Crippen LogP) is 2.50. The van der Waals surface area contributed by atoms with E-state index in [1.54, 1.807) is 13.8 Å². The van der Waals surface area contributed by atoms with Gasteiger partial charge < -0.3 is 4.74 Å². The van der Waals surface area contributed by atoms with Crippen LogP contribution >= 0.6 is 10.7 Å². The van der Waals surface area contributed by atoms with Crippen LogP contribution in [-0.2, 0) is 13.8 Å². The van der Waals surface area contributed by atoms with Gasteiger partial charge in [-0.1, -0.05) is 13.8 Å². The van der Waals surface area contributed by atoms with E-state index in [0.717, 1.165) is 6.92 Å². The Morgan fingerprint density at radius 1 is 1.38 bits per heavy atom. The average Bonchev–Trinajstić information content (AvgIpc) is 1.97. The molecule has 1 unspecified atom stereocenters. The van der Waals surface area contributed by atoms with Crippen molar-refractivity contribution in [1.82, 2.24) is 0 Å². The average molecular weight is 279 g/mol. The highest BCUT2D eigenvalue weighted by atomic mass is 35.7. The molecule has 16 heavy (non-hydrogen) atoms. The van der Waals surface area contributed by atoms with E-state index in [2.05, 4.69) is 0 Å². The Morgan fingerprint density at radius 2 is 1.88 bits per heavy atom. The van der Waals surface area contributed by atoms with Crippen molar-refractivity contribution in [3.63, 3.8) is 0 Å². The van der Waals surface area contributed by atoms with Gasteiger partial charge in [-0.15, -0.1) is 0 Å². The monoisotopic (exact) mass is 278 g/mol. The van der Waals surface area contributed by atoms with E-state index in [4.69, 9.17) is 15.4 Å². The molecule has 7 heteroatoms. The molecule has 0 saturated carbocycles. The van der Waals surface area contributed by atoms with Crippen LogP contribution in [0.3, 0.4) is 0 Å². The molecule has 0 fully saturated rings. The van der Waals surface area contributed by atoms with Crippen LogP contribution in [0.15, 0.2) is 0 Å². The molecular formula is C9H17ClF2O3S. The zero-order valence-corrected chi connectivity index (χ0v) is 11.1. The van der Waals surface area contributed by atoms with Crippen molar-refractivity contribution in [3.05, 3.63) is 0 Å². The van der Waals surface area contributed by atoms with E-state index in [-0.39, 0.29) is 24.2 Å². The van der Waals surface area contributed by atoms with Crippen LogP contribution in [0.2, 0.25) is 0 Å². The molecule has 0 bridgehead atoms. The number of alkyl halides is 2. The molecule has 0 aromatic carbocycles. The standard InChI is InChI=1S/C9H17ClF2O3S/c1-7(2)8(5-16(10,13)14)4-15-6-9(3,11)12/h7-8H,4-6H2,1-3H3. The summed E-state index contributed by atoms with van der Waals surface area (Å²) in [5.74, 6) is -3.54. The maximum atomic E-state index is 12.4. The Balaban J connectivity index is 4.16. The topological polar surface area (TPSA) is 43.4 Å². The summed E-state index contributed by atoms with van der Waals surface area (Å²) < 4.78 is 51.4. The summed E-state index contributed by atoms with van der Waals surface area (Å²) in [7, 11) is 1.48. The summed E-state index contributed by atoms with van der Waals surface area (Å²) in [5, 5.41) is 0. The first kappa shape index (κ1) is 16.1. The van der Waals surface area contributed by atoms with Gasteiger partial charge in [0.1, 0.15) is 6.61 Å². The fourth-order valence-corrected chi connectivity index (χ4v) is 2.56. The molecule has 0 N–H and O–H groups in total. The highest BCUT2D eigenvalue weighted by molar-refractivity contribution is 8.13. The number of rotatable bonds is 7. The van der Waals surface area contributed by atoms with Crippen LogP contribution in [0, 0.1) is 11.8 Å². The van der Waals surface area contributed by atoms with Gasteiger partial charge in [0, 0.05) is 17.6 Å². The predicted molar refractivity (Wildman–Crippen MR) is 59.4 cm³/mol. The Labute approximate surface area is 99.5 Å². The Morgan fingerprint density at radius 3 is 2.19 bits per heavy atom. The molecule has 0 aliphatic heterocycles. The zero-order valence-electron chi connectivity index (χ0n) is 9.54. The molecular weight excluding hydrogens is 262 g/mol. The fourth-order valence-electron chi connectivity index (χ4n) is 1.08. The van der Waals surface area contributed by atoms with Crippen molar-refractivity contribution in [1.29, 1.82) is 0 Å². The van der Waals surface area contributed by atoms with Crippen LogP contribution in [-0.4, -0.2) is 33.3 Å². The smallest absolute Gasteiger partial charge is 0.268 e. The minimum absolute atomic E-state index is 0.000923. The summed E-state index contributed by atoms with van der Waals surface area (Å²) >= 11 is 0. The van der Waals surface area contributed by atoms with E-state index >= 15 is 0 Å². The van der Waals surface area contributed by atoms with Crippen LogP contribution in [0.1, 0.15) is 20.8 Å². The van der Waals surface area contributed by atoms with Gasteiger partial charge in [-0.25, -0.2) is 17.2 Å². The van der Waals surface area contributed by atoms with Crippen molar-refractivity contribution in [3.8, 4) is 0 Å². The number of hydrogen-bond acceptors (Lipinski definition) is 3. The minimum Gasteiger partial charge on any atom is -0.375 e. The third-order valence-electron chi connectivity index (χ3n) is 2.04. The van der Waals surface area contributed by atoms with E-state index in [1.807, 2.05) is 0 Å². The summed E-state index contributed by atoms with van der Waals surface area (Å²) in [4.78, 5) is 0. The molecule has 0 aromatic rings. The first-order valence-corrected chi connectivity index (χ1v) is 7.37. The van der Waals surface area contributed by atoms with Gasteiger partial charge in [0.2, 0.25) is 9.05 Å². The first-order chi connectivity index (χ1) is 7.01. The normalized spacial score (nSPS) is 15.4. The van der Waals surface area contributed by atoms with Crippen molar-refractivity contribution >= 4 is 19.7 Å². The number of ether oxygens (including phenoxy) is 1. The van der Waals surface area contributed by atoms with Crippen LogP contribution < -0.4 is 0 Å². The highest BCUT2D eigenvalue weighted by Crippen LogP contribution is 2.18. The number of halogens is 3. The zero-order chi connectivity index (χ0) is 13.0. The minimum atomic E-state index is -3.63. The van der Waals surface area contributed by atoms with Crippen LogP contribution in [0.5, 0.6) is 0 Å². The summed E-state index contributed by atoms with van der Waals surface area (Å²) in [6.07, 6.45) is 0. The van der Waals surface area contributed by atoms with Gasteiger partial charge in [0.25, 0.3) is 5.92 Å². The van der Waals surface area contributed by atoms with Gasteiger partial charge in [-0.2, -0.15) is 0 Å². The summed E-state index contributed by atoms with van der Waals surface area (Å²) in [6, 6.07) is 0. The molecule has 0 aliphatic carbocycles. The highest BCUT2D eigenvalue weighted by Gasteiger charge is 2.25. The van der Waals surface area contributed by atoms with Crippen LogP contribution in [0.4, 0.5) is 8.78 Å². The van der Waals surface area contributed by atoms with Gasteiger partial charge >= 0.3 is 0 Å². The van der Waals surface area contributed by atoms with E-state index in [0.29, 0.717) is 0 Å². The molecule has 0 heterocycles. The van der Waals surface area contributed by atoms with E-state index < -0.39 is 21.6 Å². The molecule has 1 atom stereocenters. The molecule has 0 spiro atoms. The van der Waals surface area contributed by atoms with Gasteiger partial charge in [-0.3, -0.25) is 0 Å². The van der Waals surface area contributed by atoms with Crippen molar-refractivity contribution < 1.29 is 21.9 Å². The summed E-state index contributed by atoms with van der Waals surface area (Å²) in [5.41, 5.74) is 0. The van der Waals surface area contributed by atoms with E-state index in [1.165, 1.54) is 0 Å². The maximum absolute atomic E-state index is 12.4. The third kappa shape index (κ3) is 9.30. The quantitative estimate of drug-likeness (QED) is 0.672. The lowest BCUT2D eigenvalue weighted by molar-refractivity contribution is -0.0704. The second-order valence-corrected chi connectivity index (χ2v) is 7.12. The second-order valence-electron chi connectivity index (χ2n) is 4.29. The molecule has 0 rings (SSSR count). The molecule has 0 aliphatic rings. The largest absolute Gasteiger partial charge is 0.375 e. The van der Waals surface area contributed by atoms with Crippen molar-refractivity contribution in [2.75, 3.05) is 19.0 Å². The van der Waals surface area contributed by atoms with E-state index in [9.17, 15) is 17.2 Å². The Kier molecular flexibility index (Phi) is 6.14. The molecule has 0 amide bonds. The molecule has 3 nitrogen and oxygen atoms in total. The third-order valence-corrected chi connectivity index (χ3v) is 3.25. The number of hydrogen-bond donors (Lipinski definition) is 0. The van der Waals surface area contributed by atoms with Crippen molar-refractivity contribution in [2.24, 2.45) is 11.8 Å². The Bertz CT molecular complexity index is 298. The second kappa shape index (κ2) is 6.12. The molecule has 98 valence electrons. The molecule has 0 saturated heterocycles. The lowest BCUT2D eigenvalue weighted by Crippen LogP contribution is -2.27. The Hall–Kier alpha value is 0.0600. The molecule has 0 radical (unpaired) electrons. The fraction of sp³-hybridized carbons (Fsp3) is 1.00. The van der Waals surface area contributed by atoms with Gasteiger partial charge in [0.15, 0.2) is 0 Å². The van der Waals surface area contributed by atoms with Gasteiger partial charge in [-0.05, 0) is 11.8 Å². The lowest BCUT2D eigenvalue weighted by Gasteiger charge is -2.20. The van der Waals surface area contributed by atoms with Crippen molar-refractivity contribution in [2.45, 2.75) is 26.7 Å². The van der Waals surface area contributed by atoms with Crippen LogP contribution in [0.25, 0.3) is 0 Å². The lowest BCUT2D eigenvalue weighted by atomic mass is 9.99. The van der Waals surface area contributed by atoms with Gasteiger partial charge in [0.05, 0.1) is 12.4 Å². The maximum Gasteiger partial charge on any atom is 0.268 e. The first-order valence-electron chi connectivity index (χ1n) is 4.89.